The largest absolute Gasteiger partial charge is 0.504 e. The number of nitrogens with zero attached hydrogens (tertiary/aromatic N) is 7. The zero-order valence-corrected chi connectivity index (χ0v) is 26.8. The zero-order valence-electron chi connectivity index (χ0n) is 26.0. The van der Waals surface area contributed by atoms with Gasteiger partial charge in [0.1, 0.15) is 18.6 Å². The molecule has 4 heterocycles. The van der Waals surface area contributed by atoms with Gasteiger partial charge in [-0.1, -0.05) is 25.4 Å². The molecule has 0 radical (unpaired) electrons. The van der Waals surface area contributed by atoms with Gasteiger partial charge in [-0.05, 0) is 44.9 Å². The minimum atomic E-state index is -4.60. The van der Waals surface area contributed by atoms with Gasteiger partial charge in [0, 0.05) is 31.4 Å². The lowest BCUT2D eigenvalue weighted by molar-refractivity contribution is -0.137. The van der Waals surface area contributed by atoms with Gasteiger partial charge in [-0.2, -0.15) is 13.2 Å². The van der Waals surface area contributed by atoms with E-state index in [1.165, 1.54) is 12.5 Å². The maximum Gasteiger partial charge on any atom is 0.416 e. The maximum atomic E-state index is 14.1. The van der Waals surface area contributed by atoms with Crippen LogP contribution in [-0.4, -0.2) is 72.0 Å². The number of pyridine rings is 1. The number of rotatable bonds is 7. The summed E-state index contributed by atoms with van der Waals surface area (Å²) >= 11 is 6.08. The van der Waals surface area contributed by atoms with E-state index in [9.17, 15) is 32.7 Å². The van der Waals surface area contributed by atoms with E-state index in [0.717, 1.165) is 18.2 Å². The van der Waals surface area contributed by atoms with E-state index in [2.05, 4.69) is 25.3 Å². The molecule has 4 aromatic rings. The highest BCUT2D eigenvalue weighted by Gasteiger charge is 2.35. The Balaban J connectivity index is 1.51. The van der Waals surface area contributed by atoms with Crippen LogP contribution in [0.3, 0.4) is 0 Å². The number of halogens is 4. The number of hydrogen-bond donors (Lipinski definition) is 2. The molecule has 2 N–H and O–H groups in total. The summed E-state index contributed by atoms with van der Waals surface area (Å²) in [5, 5.41) is 12.7. The standard InChI is InChI=1S/C31H32ClF3N8O4/c1-5-19-13-41(30(47)25-27(45)17(4)37-15-38-25)9-10-42(19)26-22(6-2)43(29-24(28(26)46)39-16(3)12-36-29)14-23(44)40-21-8-7-18(11-20(21)32)31(33,34)35/h7-8,11-12,15,19,45H,5-6,9-10,13-14H2,1-4H3,(H,40,44)/t19-/m0/s1. The Bertz CT molecular complexity index is 1930. The third kappa shape index (κ3) is 6.57. The molecule has 3 aromatic heterocycles. The highest BCUT2D eigenvalue weighted by Crippen LogP contribution is 2.34. The number of carbonyl (C=O) groups is 2. The number of aryl methyl sites for hydroxylation is 2. The molecule has 5 rings (SSSR count). The summed E-state index contributed by atoms with van der Waals surface area (Å²) in [4.78, 5) is 61.1. The normalized spacial score (nSPS) is 15.3. The van der Waals surface area contributed by atoms with Gasteiger partial charge < -0.3 is 24.8 Å². The van der Waals surface area contributed by atoms with E-state index < -0.39 is 23.6 Å². The first-order valence-electron chi connectivity index (χ1n) is 14.9. The number of hydrogen-bond acceptors (Lipinski definition) is 9. The number of aromatic hydroxyl groups is 1. The van der Waals surface area contributed by atoms with Crippen molar-refractivity contribution in [3.8, 4) is 5.75 Å². The van der Waals surface area contributed by atoms with Crippen LogP contribution in [0.25, 0.3) is 11.2 Å². The van der Waals surface area contributed by atoms with Crippen molar-refractivity contribution >= 4 is 46.0 Å². The lowest BCUT2D eigenvalue weighted by atomic mass is 10.0. The second-order valence-electron chi connectivity index (χ2n) is 11.2. The molecular formula is C31H32ClF3N8O4. The first kappa shape index (κ1) is 33.6. The molecule has 1 atom stereocenters. The molecule has 1 aromatic carbocycles. The highest BCUT2D eigenvalue weighted by atomic mass is 35.5. The van der Waals surface area contributed by atoms with Crippen LogP contribution in [0.1, 0.15) is 53.4 Å². The molecule has 248 valence electrons. The number of piperazine rings is 1. The fraction of sp³-hybridized carbons (Fsp3) is 0.387. The number of anilines is 2. The van der Waals surface area contributed by atoms with Crippen molar-refractivity contribution in [2.75, 3.05) is 29.9 Å². The molecule has 1 aliphatic heterocycles. The van der Waals surface area contributed by atoms with Crippen molar-refractivity contribution in [2.24, 2.45) is 0 Å². The quantitative estimate of drug-likeness (QED) is 0.289. The lowest BCUT2D eigenvalue weighted by Gasteiger charge is -2.43. The first-order chi connectivity index (χ1) is 22.2. The van der Waals surface area contributed by atoms with Crippen molar-refractivity contribution in [2.45, 2.75) is 59.3 Å². The smallest absolute Gasteiger partial charge is 0.416 e. The van der Waals surface area contributed by atoms with Gasteiger partial charge in [0.15, 0.2) is 22.6 Å². The summed E-state index contributed by atoms with van der Waals surface area (Å²) in [5.74, 6) is -1.36. The fourth-order valence-corrected chi connectivity index (χ4v) is 5.96. The minimum absolute atomic E-state index is 0.00743. The van der Waals surface area contributed by atoms with Crippen LogP contribution in [0, 0.1) is 13.8 Å². The van der Waals surface area contributed by atoms with Crippen LogP contribution in [0.5, 0.6) is 5.75 Å². The molecule has 47 heavy (non-hydrogen) atoms. The van der Waals surface area contributed by atoms with Crippen molar-refractivity contribution in [3.05, 3.63) is 74.3 Å². The molecule has 1 fully saturated rings. The number of alkyl halides is 3. The van der Waals surface area contributed by atoms with Crippen LogP contribution in [0.15, 0.2) is 35.5 Å². The monoisotopic (exact) mass is 672 g/mol. The Labute approximate surface area is 272 Å². The Morgan fingerprint density at radius 3 is 2.53 bits per heavy atom. The van der Waals surface area contributed by atoms with Gasteiger partial charge in [0.2, 0.25) is 11.3 Å². The molecule has 0 spiro atoms. The predicted octanol–water partition coefficient (Wildman–Crippen LogP) is 4.52. The van der Waals surface area contributed by atoms with Gasteiger partial charge >= 0.3 is 6.18 Å². The molecule has 0 bridgehead atoms. The summed E-state index contributed by atoms with van der Waals surface area (Å²) in [7, 11) is 0. The highest BCUT2D eigenvalue weighted by molar-refractivity contribution is 6.33. The molecule has 1 saturated heterocycles. The van der Waals surface area contributed by atoms with Crippen molar-refractivity contribution in [3.63, 3.8) is 0 Å². The second kappa shape index (κ2) is 13.1. The maximum absolute atomic E-state index is 14.1. The number of amides is 2. The summed E-state index contributed by atoms with van der Waals surface area (Å²) in [6.45, 7) is 7.37. The average Bonchev–Trinajstić information content (AvgIpc) is 3.03. The van der Waals surface area contributed by atoms with E-state index in [1.807, 2.05) is 18.7 Å². The van der Waals surface area contributed by atoms with Crippen LogP contribution in [-0.2, 0) is 23.9 Å². The summed E-state index contributed by atoms with van der Waals surface area (Å²) in [6.07, 6.45) is -1.05. The van der Waals surface area contributed by atoms with E-state index in [0.29, 0.717) is 29.9 Å². The number of carbonyl (C=O) groups excluding carboxylic acids is 2. The summed E-state index contributed by atoms with van der Waals surface area (Å²) in [5.41, 5.74) is 0.360. The van der Waals surface area contributed by atoms with E-state index in [-0.39, 0.29) is 76.7 Å². The number of fused-ring (bicyclic) bond motifs is 1. The molecule has 0 aliphatic carbocycles. The third-order valence-electron chi connectivity index (χ3n) is 8.10. The van der Waals surface area contributed by atoms with Crippen molar-refractivity contribution in [1.29, 1.82) is 0 Å². The Morgan fingerprint density at radius 1 is 1.13 bits per heavy atom. The predicted molar refractivity (Wildman–Crippen MR) is 169 cm³/mol. The van der Waals surface area contributed by atoms with Crippen molar-refractivity contribution in [1.82, 2.24) is 29.4 Å². The second-order valence-corrected chi connectivity index (χ2v) is 11.6. The molecular weight excluding hydrogens is 641 g/mol. The van der Waals surface area contributed by atoms with Gasteiger partial charge in [0.05, 0.1) is 33.9 Å². The van der Waals surface area contributed by atoms with Crippen LogP contribution in [0.2, 0.25) is 5.02 Å². The molecule has 2 amide bonds. The van der Waals surface area contributed by atoms with Crippen LogP contribution >= 0.6 is 11.6 Å². The van der Waals surface area contributed by atoms with Crippen LogP contribution in [0.4, 0.5) is 24.5 Å². The average molecular weight is 673 g/mol. The summed E-state index contributed by atoms with van der Waals surface area (Å²) < 4.78 is 41.0. The number of benzene rings is 1. The molecule has 0 saturated carbocycles. The zero-order chi connectivity index (χ0) is 34.2. The molecule has 1 aliphatic rings. The Hall–Kier alpha value is -4.79. The number of nitrogens with one attached hydrogen (secondary N) is 1. The third-order valence-corrected chi connectivity index (χ3v) is 8.41. The summed E-state index contributed by atoms with van der Waals surface area (Å²) in [6, 6.07) is 2.32. The number of aromatic nitrogens is 5. The fourth-order valence-electron chi connectivity index (χ4n) is 5.73. The molecule has 16 heteroatoms. The van der Waals surface area contributed by atoms with Gasteiger partial charge in [-0.3, -0.25) is 14.4 Å². The first-order valence-corrected chi connectivity index (χ1v) is 15.2. The van der Waals surface area contributed by atoms with Crippen LogP contribution < -0.4 is 15.6 Å². The van der Waals surface area contributed by atoms with E-state index in [1.54, 1.807) is 23.3 Å². The Kier molecular flexibility index (Phi) is 9.39. The lowest BCUT2D eigenvalue weighted by Crippen LogP contribution is -2.56. The van der Waals surface area contributed by atoms with E-state index in [4.69, 9.17) is 11.6 Å². The van der Waals surface area contributed by atoms with Gasteiger partial charge in [0.25, 0.3) is 5.91 Å². The Morgan fingerprint density at radius 2 is 1.87 bits per heavy atom. The van der Waals surface area contributed by atoms with Gasteiger partial charge in [-0.15, -0.1) is 0 Å². The molecule has 12 nitrogen and oxygen atoms in total. The molecule has 0 unspecified atom stereocenters. The minimum Gasteiger partial charge on any atom is -0.504 e. The van der Waals surface area contributed by atoms with Crippen molar-refractivity contribution < 1.29 is 27.9 Å². The topological polar surface area (TPSA) is 146 Å². The van der Waals surface area contributed by atoms with Gasteiger partial charge in [-0.25, -0.2) is 19.9 Å². The SMILES string of the molecule is CCc1c(N2CCN(C(=O)c3ncnc(C)c3O)C[C@@H]2CC)c(=O)c2nc(C)cnc2n1CC(=O)Nc1ccc(C(F)(F)F)cc1Cl. The van der Waals surface area contributed by atoms with E-state index >= 15 is 0 Å².